The molecule has 2 aromatic carbocycles. The van der Waals surface area contributed by atoms with Crippen LogP contribution in [0.4, 0.5) is 4.79 Å². The highest BCUT2D eigenvalue weighted by Crippen LogP contribution is 2.31. The summed E-state index contributed by atoms with van der Waals surface area (Å²) in [6.07, 6.45) is -0.982. The van der Waals surface area contributed by atoms with Gasteiger partial charge in [0.15, 0.2) is 0 Å². The van der Waals surface area contributed by atoms with Crippen LogP contribution < -0.4 is 9.47 Å². The first kappa shape index (κ1) is 23.1. The van der Waals surface area contributed by atoms with Crippen LogP contribution in [0.1, 0.15) is 12.0 Å². The SMILES string of the molecule is COc1ccc(OC[C@@](O)(CN(CCCO)C(=O)O)c2ccc(Cl)c(Cl)c2)cc1. The fourth-order valence-corrected chi connectivity index (χ4v) is 3.00. The van der Waals surface area contributed by atoms with E-state index in [4.69, 9.17) is 37.8 Å². The second-order valence-corrected chi connectivity index (χ2v) is 7.22. The van der Waals surface area contributed by atoms with Gasteiger partial charge in [0.1, 0.15) is 23.7 Å². The topological polar surface area (TPSA) is 99.5 Å². The van der Waals surface area contributed by atoms with Crippen molar-refractivity contribution in [3.05, 3.63) is 58.1 Å². The molecular formula is C20H23Cl2NO6. The number of hydrogen-bond donors (Lipinski definition) is 3. The molecule has 0 aliphatic rings. The van der Waals surface area contributed by atoms with Crippen molar-refractivity contribution in [3.63, 3.8) is 0 Å². The Kier molecular flexibility index (Phi) is 8.40. The van der Waals surface area contributed by atoms with Crippen molar-refractivity contribution in [2.45, 2.75) is 12.0 Å². The van der Waals surface area contributed by atoms with Crippen molar-refractivity contribution in [3.8, 4) is 11.5 Å². The van der Waals surface area contributed by atoms with Gasteiger partial charge in [-0.1, -0.05) is 29.3 Å². The van der Waals surface area contributed by atoms with Gasteiger partial charge in [-0.05, 0) is 48.4 Å². The fourth-order valence-electron chi connectivity index (χ4n) is 2.70. The molecule has 0 heterocycles. The van der Waals surface area contributed by atoms with E-state index in [-0.39, 0.29) is 37.7 Å². The number of methoxy groups -OCH3 is 1. The van der Waals surface area contributed by atoms with Gasteiger partial charge in [-0.15, -0.1) is 0 Å². The standard InChI is InChI=1S/C20H23Cl2NO6/c1-28-15-4-6-16(7-5-15)29-13-20(27,12-23(19(25)26)9-2-10-24)14-3-8-17(21)18(22)11-14/h3-8,11,24,27H,2,9-10,12-13H2,1H3,(H,25,26)/t20-/m0/s1. The summed E-state index contributed by atoms with van der Waals surface area (Å²) < 4.78 is 10.8. The summed E-state index contributed by atoms with van der Waals surface area (Å²) in [5.74, 6) is 1.12. The molecule has 3 N–H and O–H groups in total. The third-order valence-corrected chi connectivity index (χ3v) is 5.04. The van der Waals surface area contributed by atoms with Gasteiger partial charge in [0.25, 0.3) is 0 Å². The smallest absolute Gasteiger partial charge is 0.407 e. The van der Waals surface area contributed by atoms with Crippen molar-refractivity contribution in [2.24, 2.45) is 0 Å². The minimum atomic E-state index is -1.71. The summed E-state index contributed by atoms with van der Waals surface area (Å²) in [7, 11) is 1.55. The number of halogens is 2. The Morgan fingerprint density at radius 3 is 2.31 bits per heavy atom. The first-order chi connectivity index (χ1) is 13.8. The first-order valence-electron chi connectivity index (χ1n) is 8.82. The molecule has 2 rings (SSSR count). The highest BCUT2D eigenvalue weighted by Gasteiger charge is 2.35. The fraction of sp³-hybridized carbons (Fsp3) is 0.350. The van der Waals surface area contributed by atoms with E-state index in [0.717, 1.165) is 4.90 Å². The number of ether oxygens (including phenoxy) is 2. The van der Waals surface area contributed by atoms with Crippen LogP contribution in [0.2, 0.25) is 10.0 Å². The van der Waals surface area contributed by atoms with E-state index in [9.17, 15) is 15.0 Å². The Hall–Kier alpha value is -2.19. The van der Waals surface area contributed by atoms with E-state index in [1.807, 2.05) is 0 Å². The lowest BCUT2D eigenvalue weighted by molar-refractivity contribution is -0.0340. The summed E-state index contributed by atoms with van der Waals surface area (Å²) in [6.45, 7) is -0.633. The predicted octanol–water partition coefficient (Wildman–Crippen LogP) is 3.63. The molecule has 0 radical (unpaired) electrons. The van der Waals surface area contributed by atoms with Gasteiger partial charge in [-0.25, -0.2) is 4.79 Å². The Labute approximate surface area is 179 Å². The van der Waals surface area contributed by atoms with Gasteiger partial charge < -0.3 is 29.7 Å². The van der Waals surface area contributed by atoms with Crippen LogP contribution in [0.15, 0.2) is 42.5 Å². The van der Waals surface area contributed by atoms with E-state index in [1.165, 1.54) is 12.1 Å². The number of benzene rings is 2. The highest BCUT2D eigenvalue weighted by atomic mass is 35.5. The molecule has 158 valence electrons. The highest BCUT2D eigenvalue weighted by molar-refractivity contribution is 6.42. The van der Waals surface area contributed by atoms with Gasteiger partial charge >= 0.3 is 6.09 Å². The van der Waals surface area contributed by atoms with Crippen LogP contribution >= 0.6 is 23.2 Å². The number of nitrogens with zero attached hydrogens (tertiary/aromatic N) is 1. The quantitative estimate of drug-likeness (QED) is 0.518. The van der Waals surface area contributed by atoms with E-state index in [2.05, 4.69) is 0 Å². The average molecular weight is 444 g/mol. The van der Waals surface area contributed by atoms with Gasteiger partial charge in [0.2, 0.25) is 0 Å². The lowest BCUT2D eigenvalue weighted by Crippen LogP contribution is -2.47. The van der Waals surface area contributed by atoms with Crippen molar-refractivity contribution < 1.29 is 29.6 Å². The summed E-state index contributed by atoms with van der Waals surface area (Å²) in [4.78, 5) is 12.6. The predicted molar refractivity (Wildman–Crippen MR) is 110 cm³/mol. The molecule has 0 spiro atoms. The van der Waals surface area contributed by atoms with Crippen molar-refractivity contribution >= 4 is 29.3 Å². The third-order valence-electron chi connectivity index (χ3n) is 4.30. The maximum Gasteiger partial charge on any atom is 0.407 e. The zero-order valence-electron chi connectivity index (χ0n) is 15.8. The van der Waals surface area contributed by atoms with Gasteiger partial charge in [-0.2, -0.15) is 0 Å². The molecule has 2 aromatic rings. The molecule has 7 nitrogen and oxygen atoms in total. The molecular weight excluding hydrogens is 421 g/mol. The van der Waals surface area contributed by atoms with Gasteiger partial charge in [0.05, 0.1) is 23.7 Å². The Morgan fingerprint density at radius 1 is 1.10 bits per heavy atom. The van der Waals surface area contributed by atoms with E-state index < -0.39 is 11.7 Å². The first-order valence-corrected chi connectivity index (χ1v) is 9.58. The summed E-state index contributed by atoms with van der Waals surface area (Å²) in [5.41, 5.74) is -1.35. The largest absolute Gasteiger partial charge is 0.497 e. The van der Waals surface area contributed by atoms with Gasteiger partial charge in [0, 0.05) is 13.2 Å². The number of carbonyl (C=O) groups is 1. The minimum absolute atomic E-state index is 0.0536. The van der Waals surface area contributed by atoms with Crippen LogP contribution in [0.25, 0.3) is 0 Å². The Balaban J connectivity index is 2.29. The molecule has 0 aliphatic carbocycles. The molecule has 0 saturated heterocycles. The molecule has 0 aromatic heterocycles. The summed E-state index contributed by atoms with van der Waals surface area (Å²) >= 11 is 12.1. The zero-order valence-corrected chi connectivity index (χ0v) is 17.4. The number of hydrogen-bond acceptors (Lipinski definition) is 5. The summed E-state index contributed by atoms with van der Waals surface area (Å²) in [5, 5.41) is 30.4. The lowest BCUT2D eigenvalue weighted by Gasteiger charge is -2.33. The van der Waals surface area contributed by atoms with Crippen molar-refractivity contribution in [1.82, 2.24) is 4.90 Å². The number of rotatable bonds is 10. The molecule has 29 heavy (non-hydrogen) atoms. The van der Waals surface area contributed by atoms with Crippen LogP contribution in [-0.2, 0) is 5.60 Å². The second-order valence-electron chi connectivity index (χ2n) is 6.41. The molecule has 0 unspecified atom stereocenters. The maximum atomic E-state index is 11.6. The number of carboxylic acid groups (broad SMARTS) is 1. The van der Waals surface area contributed by atoms with Gasteiger partial charge in [-0.3, -0.25) is 0 Å². The summed E-state index contributed by atoms with van der Waals surface area (Å²) in [6, 6.07) is 11.3. The second kappa shape index (κ2) is 10.5. The zero-order chi connectivity index (χ0) is 21.4. The molecule has 0 saturated carbocycles. The third kappa shape index (κ3) is 6.40. The normalized spacial score (nSPS) is 12.9. The van der Waals surface area contributed by atoms with Crippen LogP contribution in [0.5, 0.6) is 11.5 Å². The van der Waals surface area contributed by atoms with E-state index in [0.29, 0.717) is 22.1 Å². The average Bonchev–Trinajstić information content (AvgIpc) is 2.71. The monoisotopic (exact) mass is 443 g/mol. The van der Waals surface area contributed by atoms with Crippen molar-refractivity contribution in [1.29, 1.82) is 0 Å². The maximum absolute atomic E-state index is 11.6. The molecule has 0 fully saturated rings. The Bertz CT molecular complexity index is 817. The minimum Gasteiger partial charge on any atom is -0.497 e. The molecule has 0 bridgehead atoms. The lowest BCUT2D eigenvalue weighted by atomic mass is 9.93. The number of aliphatic hydroxyl groups is 2. The molecule has 9 heteroatoms. The van der Waals surface area contributed by atoms with Crippen LogP contribution in [-0.4, -0.2) is 59.7 Å². The number of aliphatic hydroxyl groups excluding tert-OH is 1. The molecule has 0 aliphatic heterocycles. The van der Waals surface area contributed by atoms with Crippen LogP contribution in [0, 0.1) is 0 Å². The molecule has 1 amide bonds. The molecule has 1 atom stereocenters. The van der Waals surface area contributed by atoms with Crippen LogP contribution in [0.3, 0.4) is 0 Å². The van der Waals surface area contributed by atoms with E-state index >= 15 is 0 Å². The Morgan fingerprint density at radius 2 is 1.76 bits per heavy atom. The number of amides is 1. The van der Waals surface area contributed by atoms with Crippen molar-refractivity contribution in [2.75, 3.05) is 33.4 Å². The van der Waals surface area contributed by atoms with E-state index in [1.54, 1.807) is 37.4 Å².